The van der Waals surface area contributed by atoms with Crippen molar-refractivity contribution >= 4 is 5.69 Å². The highest BCUT2D eigenvalue weighted by Crippen LogP contribution is 2.27. The minimum absolute atomic E-state index is 0.462. The number of nitrogens with two attached hydrogens (primary N) is 1. The van der Waals surface area contributed by atoms with E-state index in [-0.39, 0.29) is 0 Å². The lowest BCUT2D eigenvalue weighted by Crippen LogP contribution is -1.92. The Morgan fingerprint density at radius 2 is 2.05 bits per heavy atom. The molecule has 0 saturated carbocycles. The number of aromatic nitrogens is 3. The van der Waals surface area contributed by atoms with Crippen LogP contribution < -0.4 is 5.73 Å². The summed E-state index contributed by atoms with van der Waals surface area (Å²) in [5.74, 6) is 0.980. The number of anilines is 1. The van der Waals surface area contributed by atoms with Gasteiger partial charge in [-0.05, 0) is 36.8 Å². The van der Waals surface area contributed by atoms with Gasteiger partial charge >= 0.3 is 0 Å². The van der Waals surface area contributed by atoms with E-state index in [1.54, 1.807) is 12.4 Å². The van der Waals surface area contributed by atoms with Gasteiger partial charge in [-0.3, -0.25) is 4.98 Å². The molecule has 0 fully saturated rings. The van der Waals surface area contributed by atoms with Crippen molar-refractivity contribution in [2.24, 2.45) is 0 Å². The van der Waals surface area contributed by atoms with Gasteiger partial charge in [-0.1, -0.05) is 11.2 Å². The highest BCUT2D eigenvalue weighted by atomic mass is 16.5. The Hall–Kier alpha value is -2.69. The topological polar surface area (TPSA) is 77.8 Å². The summed E-state index contributed by atoms with van der Waals surface area (Å²) in [5, 5.41) is 3.97. The molecule has 2 aromatic heterocycles. The van der Waals surface area contributed by atoms with E-state index in [2.05, 4.69) is 15.1 Å². The van der Waals surface area contributed by atoms with E-state index < -0.39 is 0 Å². The number of nitrogen functional groups attached to an aromatic ring is 1. The summed E-state index contributed by atoms with van der Waals surface area (Å²) >= 11 is 0. The lowest BCUT2D eigenvalue weighted by atomic mass is 10.1. The Kier molecular flexibility index (Phi) is 2.72. The van der Waals surface area contributed by atoms with E-state index in [1.807, 2.05) is 37.3 Å². The normalized spacial score (nSPS) is 10.6. The van der Waals surface area contributed by atoms with Crippen LogP contribution in [-0.2, 0) is 0 Å². The number of hydrogen-bond acceptors (Lipinski definition) is 5. The molecule has 19 heavy (non-hydrogen) atoms. The fraction of sp³-hybridized carbons (Fsp3) is 0.0714. The van der Waals surface area contributed by atoms with Gasteiger partial charge in [-0.2, -0.15) is 4.98 Å². The first-order valence-electron chi connectivity index (χ1n) is 5.85. The van der Waals surface area contributed by atoms with Crippen LogP contribution in [0.5, 0.6) is 0 Å². The predicted octanol–water partition coefficient (Wildman–Crippen LogP) is 2.69. The maximum Gasteiger partial charge on any atom is 0.258 e. The largest absolute Gasteiger partial charge is 0.398 e. The molecule has 0 spiro atoms. The molecule has 0 aliphatic carbocycles. The minimum Gasteiger partial charge on any atom is -0.398 e. The summed E-state index contributed by atoms with van der Waals surface area (Å²) < 4.78 is 5.30. The first kappa shape index (κ1) is 11.4. The molecular weight excluding hydrogens is 240 g/mol. The van der Waals surface area contributed by atoms with E-state index >= 15 is 0 Å². The van der Waals surface area contributed by atoms with Crippen LogP contribution in [-0.4, -0.2) is 15.1 Å². The Labute approximate surface area is 110 Å². The molecule has 3 aromatic rings. The molecule has 0 bridgehead atoms. The van der Waals surface area contributed by atoms with Crippen molar-refractivity contribution in [3.63, 3.8) is 0 Å². The standard InChI is InChI=1S/C14H12N4O/c1-9-11(5-2-6-12(9)15)14-17-13(18-19-14)10-4-3-7-16-8-10/h2-8H,15H2,1H3. The summed E-state index contributed by atoms with van der Waals surface area (Å²) in [5.41, 5.74) is 9.19. The van der Waals surface area contributed by atoms with E-state index in [1.165, 1.54) is 0 Å². The zero-order chi connectivity index (χ0) is 13.2. The monoisotopic (exact) mass is 252 g/mol. The molecular formula is C14H12N4O. The first-order chi connectivity index (χ1) is 9.25. The average molecular weight is 252 g/mol. The van der Waals surface area contributed by atoms with Crippen LogP contribution in [0.15, 0.2) is 47.2 Å². The molecule has 3 rings (SSSR count). The number of rotatable bonds is 2. The van der Waals surface area contributed by atoms with Gasteiger partial charge in [-0.25, -0.2) is 0 Å². The molecule has 94 valence electrons. The summed E-state index contributed by atoms with van der Waals surface area (Å²) in [6.07, 6.45) is 3.40. The van der Waals surface area contributed by atoms with E-state index in [4.69, 9.17) is 10.3 Å². The summed E-state index contributed by atoms with van der Waals surface area (Å²) in [4.78, 5) is 8.41. The van der Waals surface area contributed by atoms with Crippen LogP contribution in [0.25, 0.3) is 22.8 Å². The van der Waals surface area contributed by atoms with Gasteiger partial charge in [0, 0.05) is 29.2 Å². The highest BCUT2D eigenvalue weighted by Gasteiger charge is 2.13. The van der Waals surface area contributed by atoms with Gasteiger partial charge in [0.2, 0.25) is 5.82 Å². The van der Waals surface area contributed by atoms with E-state index in [0.29, 0.717) is 17.4 Å². The third-order valence-electron chi connectivity index (χ3n) is 2.95. The number of nitrogens with zero attached hydrogens (tertiary/aromatic N) is 3. The van der Waals surface area contributed by atoms with Gasteiger partial charge in [0.25, 0.3) is 5.89 Å². The SMILES string of the molecule is Cc1c(N)cccc1-c1nc(-c2cccnc2)no1. The molecule has 0 aliphatic heterocycles. The molecule has 5 heteroatoms. The smallest absolute Gasteiger partial charge is 0.258 e. The summed E-state index contributed by atoms with van der Waals surface area (Å²) in [6.45, 7) is 1.93. The van der Waals surface area contributed by atoms with Gasteiger partial charge in [0.1, 0.15) is 0 Å². The quantitative estimate of drug-likeness (QED) is 0.709. The van der Waals surface area contributed by atoms with Crippen LogP contribution in [0, 0.1) is 6.92 Å². The zero-order valence-corrected chi connectivity index (χ0v) is 10.4. The van der Waals surface area contributed by atoms with Crippen molar-refractivity contribution < 1.29 is 4.52 Å². The maximum absolute atomic E-state index is 5.88. The molecule has 2 N–H and O–H groups in total. The molecule has 0 atom stereocenters. The molecule has 0 unspecified atom stereocenters. The molecule has 0 radical (unpaired) electrons. The molecule has 5 nitrogen and oxygen atoms in total. The minimum atomic E-state index is 0.462. The number of benzene rings is 1. The van der Waals surface area contributed by atoms with Crippen molar-refractivity contribution in [2.45, 2.75) is 6.92 Å². The fourth-order valence-corrected chi connectivity index (χ4v) is 1.83. The van der Waals surface area contributed by atoms with Gasteiger partial charge in [0.15, 0.2) is 0 Å². The Bertz CT molecular complexity index is 706. The third-order valence-corrected chi connectivity index (χ3v) is 2.95. The average Bonchev–Trinajstić information content (AvgIpc) is 2.92. The second-order valence-electron chi connectivity index (χ2n) is 4.18. The van der Waals surface area contributed by atoms with Crippen LogP contribution in [0.2, 0.25) is 0 Å². The van der Waals surface area contributed by atoms with Crippen LogP contribution >= 0.6 is 0 Å². The van der Waals surface area contributed by atoms with Crippen molar-refractivity contribution in [1.29, 1.82) is 0 Å². The van der Waals surface area contributed by atoms with Crippen molar-refractivity contribution in [3.05, 3.63) is 48.3 Å². The van der Waals surface area contributed by atoms with Crippen LogP contribution in [0.4, 0.5) is 5.69 Å². The lowest BCUT2D eigenvalue weighted by molar-refractivity contribution is 0.432. The zero-order valence-electron chi connectivity index (χ0n) is 10.4. The first-order valence-corrected chi connectivity index (χ1v) is 5.85. The van der Waals surface area contributed by atoms with E-state index in [0.717, 1.165) is 16.7 Å². The van der Waals surface area contributed by atoms with Crippen molar-refractivity contribution in [2.75, 3.05) is 5.73 Å². The van der Waals surface area contributed by atoms with Gasteiger partial charge in [0.05, 0.1) is 0 Å². The van der Waals surface area contributed by atoms with E-state index in [9.17, 15) is 0 Å². The summed E-state index contributed by atoms with van der Waals surface area (Å²) in [6, 6.07) is 9.33. The van der Waals surface area contributed by atoms with Crippen molar-refractivity contribution in [3.8, 4) is 22.8 Å². The molecule has 0 amide bonds. The second kappa shape index (κ2) is 4.53. The second-order valence-corrected chi connectivity index (χ2v) is 4.18. The summed E-state index contributed by atoms with van der Waals surface area (Å²) in [7, 11) is 0. The van der Waals surface area contributed by atoms with Crippen molar-refractivity contribution in [1.82, 2.24) is 15.1 Å². The number of pyridine rings is 1. The Morgan fingerprint density at radius 3 is 2.84 bits per heavy atom. The number of hydrogen-bond donors (Lipinski definition) is 1. The lowest BCUT2D eigenvalue weighted by Gasteiger charge is -2.02. The van der Waals surface area contributed by atoms with Gasteiger partial charge in [-0.15, -0.1) is 0 Å². The molecule has 1 aromatic carbocycles. The molecule has 0 aliphatic rings. The predicted molar refractivity (Wildman–Crippen MR) is 72.1 cm³/mol. The van der Waals surface area contributed by atoms with Gasteiger partial charge < -0.3 is 10.3 Å². The fourth-order valence-electron chi connectivity index (χ4n) is 1.83. The maximum atomic E-state index is 5.88. The van der Waals surface area contributed by atoms with Crippen LogP contribution in [0.1, 0.15) is 5.56 Å². The highest BCUT2D eigenvalue weighted by molar-refractivity contribution is 5.68. The molecule has 0 saturated heterocycles. The molecule has 2 heterocycles. The Balaban J connectivity index is 2.05. The Morgan fingerprint density at radius 1 is 1.16 bits per heavy atom. The van der Waals surface area contributed by atoms with Crippen LogP contribution in [0.3, 0.4) is 0 Å². The third kappa shape index (κ3) is 2.06.